The van der Waals surface area contributed by atoms with E-state index in [4.69, 9.17) is 11.6 Å². The maximum absolute atomic E-state index is 9.61. The minimum absolute atomic E-state index is 0.0128. The number of benzene rings is 1. The van der Waals surface area contributed by atoms with Crippen LogP contribution in [0.15, 0.2) is 64.3 Å². The van der Waals surface area contributed by atoms with Gasteiger partial charge in [-0.3, -0.25) is 9.98 Å². The third-order valence-electron chi connectivity index (χ3n) is 3.43. The van der Waals surface area contributed by atoms with Crippen LogP contribution in [0.5, 0.6) is 0 Å². The minimum Gasteiger partial charge on any atom is -0.508 e. The van der Waals surface area contributed by atoms with Gasteiger partial charge < -0.3 is 5.11 Å². The summed E-state index contributed by atoms with van der Waals surface area (Å²) in [5.41, 5.74) is 2.70. The van der Waals surface area contributed by atoms with E-state index in [0.29, 0.717) is 11.7 Å². The molecular formula is C18H19ClN2O. The van der Waals surface area contributed by atoms with Crippen LogP contribution in [0.4, 0.5) is 5.69 Å². The summed E-state index contributed by atoms with van der Waals surface area (Å²) in [6.45, 7) is 6.15. The quantitative estimate of drug-likeness (QED) is 0.783. The molecule has 0 fully saturated rings. The predicted molar refractivity (Wildman–Crippen MR) is 94.8 cm³/mol. The molecule has 0 amide bonds. The number of hydrogen-bond acceptors (Lipinski definition) is 3. The van der Waals surface area contributed by atoms with Gasteiger partial charge in [0.1, 0.15) is 10.9 Å². The Morgan fingerprint density at radius 2 is 2.18 bits per heavy atom. The molecule has 0 aliphatic heterocycles. The summed E-state index contributed by atoms with van der Waals surface area (Å²) in [4.78, 5) is 8.45. The highest BCUT2D eigenvalue weighted by Crippen LogP contribution is 2.23. The Labute approximate surface area is 136 Å². The molecule has 0 radical (unpaired) electrons. The van der Waals surface area contributed by atoms with Crippen LogP contribution in [-0.2, 0) is 6.42 Å². The highest BCUT2D eigenvalue weighted by molar-refractivity contribution is 6.70. The third-order valence-corrected chi connectivity index (χ3v) is 3.75. The molecule has 0 bridgehead atoms. The summed E-state index contributed by atoms with van der Waals surface area (Å²) >= 11 is 6.32. The molecule has 1 aromatic carbocycles. The summed E-state index contributed by atoms with van der Waals surface area (Å²) in [5.74, 6) is 0.251. The van der Waals surface area contributed by atoms with E-state index in [-0.39, 0.29) is 11.7 Å². The molecule has 0 aromatic heterocycles. The van der Waals surface area contributed by atoms with Crippen LogP contribution < -0.4 is 0 Å². The van der Waals surface area contributed by atoms with Crippen molar-refractivity contribution >= 4 is 29.2 Å². The Morgan fingerprint density at radius 1 is 1.36 bits per heavy atom. The van der Waals surface area contributed by atoms with Gasteiger partial charge in [-0.2, -0.15) is 0 Å². The van der Waals surface area contributed by atoms with Gasteiger partial charge in [0.05, 0.1) is 12.2 Å². The second-order valence-corrected chi connectivity index (χ2v) is 5.35. The normalized spacial score (nSPS) is 18.0. The zero-order valence-electron chi connectivity index (χ0n) is 12.5. The maximum atomic E-state index is 9.61. The van der Waals surface area contributed by atoms with E-state index in [9.17, 15) is 5.11 Å². The average Bonchev–Trinajstić information content (AvgIpc) is 2.76. The first-order valence-corrected chi connectivity index (χ1v) is 7.57. The summed E-state index contributed by atoms with van der Waals surface area (Å²) in [6, 6.07) is 5.91. The maximum Gasteiger partial charge on any atom is 0.133 e. The van der Waals surface area contributed by atoms with Crippen molar-refractivity contribution in [1.29, 1.82) is 0 Å². The van der Waals surface area contributed by atoms with Crippen molar-refractivity contribution in [3.8, 4) is 0 Å². The van der Waals surface area contributed by atoms with Crippen LogP contribution in [0, 0.1) is 5.92 Å². The smallest absolute Gasteiger partial charge is 0.133 e. The third kappa shape index (κ3) is 4.18. The molecule has 3 nitrogen and oxygen atoms in total. The number of aliphatic imine (C=N–C) groups is 2. The summed E-state index contributed by atoms with van der Waals surface area (Å²) < 4.78 is 0. The predicted octanol–water partition coefficient (Wildman–Crippen LogP) is 4.75. The van der Waals surface area contributed by atoms with E-state index in [0.717, 1.165) is 17.7 Å². The van der Waals surface area contributed by atoms with E-state index in [1.807, 2.05) is 30.4 Å². The van der Waals surface area contributed by atoms with Gasteiger partial charge in [-0.25, -0.2) is 0 Å². The number of allylic oxidation sites excluding steroid dienone is 3. The average molecular weight is 315 g/mol. The largest absolute Gasteiger partial charge is 0.508 e. The topological polar surface area (TPSA) is 45.0 Å². The highest BCUT2D eigenvalue weighted by Gasteiger charge is 2.09. The molecule has 114 valence electrons. The molecule has 0 saturated heterocycles. The fourth-order valence-corrected chi connectivity index (χ4v) is 2.41. The van der Waals surface area contributed by atoms with Crippen LogP contribution in [0.2, 0.25) is 0 Å². The van der Waals surface area contributed by atoms with Crippen molar-refractivity contribution in [2.75, 3.05) is 6.54 Å². The number of rotatable bonds is 5. The SMILES string of the molecule is C=Nc1cc(CC)ccc1C(Cl)=NCC1C=CC=CC(O)=C1. The van der Waals surface area contributed by atoms with Crippen LogP contribution in [0.3, 0.4) is 0 Å². The van der Waals surface area contributed by atoms with Gasteiger partial charge in [-0.1, -0.05) is 42.8 Å². The first kappa shape index (κ1) is 16.2. The van der Waals surface area contributed by atoms with E-state index < -0.39 is 0 Å². The Morgan fingerprint density at radius 3 is 2.91 bits per heavy atom. The van der Waals surface area contributed by atoms with Crippen molar-refractivity contribution in [1.82, 2.24) is 0 Å². The minimum atomic E-state index is 0.0128. The van der Waals surface area contributed by atoms with E-state index in [2.05, 4.69) is 23.6 Å². The first-order chi connectivity index (χ1) is 10.6. The van der Waals surface area contributed by atoms with E-state index in [1.54, 1.807) is 18.2 Å². The zero-order valence-corrected chi connectivity index (χ0v) is 13.3. The standard InChI is InChI=1S/C18H19ClN2O/c1-3-13-8-9-16(17(11-13)20-2)18(19)21-12-14-6-4-5-7-15(22)10-14/h4-11,14,22H,2-3,12H2,1H3. The van der Waals surface area contributed by atoms with Crippen molar-refractivity contribution in [2.45, 2.75) is 13.3 Å². The van der Waals surface area contributed by atoms with Crippen molar-refractivity contribution in [3.05, 3.63) is 65.5 Å². The number of aliphatic hydroxyl groups excluding tert-OH is 1. The van der Waals surface area contributed by atoms with Crippen LogP contribution in [0.25, 0.3) is 0 Å². The second-order valence-electron chi connectivity index (χ2n) is 4.99. The number of nitrogens with zero attached hydrogens (tertiary/aromatic N) is 2. The Bertz CT molecular complexity index is 672. The zero-order chi connectivity index (χ0) is 15.9. The molecule has 0 heterocycles. The lowest BCUT2D eigenvalue weighted by Crippen LogP contribution is -2.02. The lowest BCUT2D eigenvalue weighted by atomic mass is 10.1. The molecule has 1 aromatic rings. The lowest BCUT2D eigenvalue weighted by molar-refractivity contribution is 0.427. The molecular weight excluding hydrogens is 296 g/mol. The molecule has 0 spiro atoms. The molecule has 1 aliphatic rings. The van der Waals surface area contributed by atoms with Crippen LogP contribution in [-0.4, -0.2) is 23.5 Å². The van der Waals surface area contributed by atoms with Gasteiger partial charge in [-0.05, 0) is 43.0 Å². The first-order valence-electron chi connectivity index (χ1n) is 7.19. The molecule has 2 rings (SSSR count). The summed E-state index contributed by atoms with van der Waals surface area (Å²) in [7, 11) is 0. The fraction of sp³-hybridized carbons (Fsp3) is 0.222. The molecule has 1 N–H and O–H groups in total. The van der Waals surface area contributed by atoms with Crippen molar-refractivity contribution in [2.24, 2.45) is 15.9 Å². The number of aliphatic hydroxyl groups is 1. The van der Waals surface area contributed by atoms with Gasteiger partial charge >= 0.3 is 0 Å². The Hall–Kier alpha value is -2.13. The monoisotopic (exact) mass is 314 g/mol. The van der Waals surface area contributed by atoms with Crippen molar-refractivity contribution in [3.63, 3.8) is 0 Å². The van der Waals surface area contributed by atoms with Gasteiger partial charge in [0, 0.05) is 11.5 Å². The molecule has 0 saturated carbocycles. The summed E-state index contributed by atoms with van der Waals surface area (Å²) in [5, 5.41) is 10.0. The lowest BCUT2D eigenvalue weighted by Gasteiger charge is -2.08. The van der Waals surface area contributed by atoms with Gasteiger partial charge in [0.15, 0.2) is 0 Å². The molecule has 22 heavy (non-hydrogen) atoms. The second kappa shape index (κ2) is 7.76. The highest BCUT2D eigenvalue weighted by atomic mass is 35.5. The van der Waals surface area contributed by atoms with Gasteiger partial charge in [-0.15, -0.1) is 0 Å². The summed E-state index contributed by atoms with van der Waals surface area (Å²) in [6.07, 6.45) is 9.98. The Balaban J connectivity index is 2.19. The molecule has 4 heteroatoms. The number of hydrogen-bond donors (Lipinski definition) is 1. The number of aryl methyl sites for hydroxylation is 1. The number of halogens is 1. The molecule has 1 atom stereocenters. The van der Waals surface area contributed by atoms with E-state index >= 15 is 0 Å². The van der Waals surface area contributed by atoms with E-state index in [1.165, 1.54) is 5.56 Å². The Kier molecular flexibility index (Phi) is 5.73. The van der Waals surface area contributed by atoms with Gasteiger partial charge in [0.2, 0.25) is 0 Å². The molecule has 1 aliphatic carbocycles. The van der Waals surface area contributed by atoms with Crippen LogP contribution in [0.1, 0.15) is 18.1 Å². The molecule has 1 unspecified atom stereocenters. The fourth-order valence-electron chi connectivity index (χ4n) is 2.18. The van der Waals surface area contributed by atoms with Gasteiger partial charge in [0.25, 0.3) is 0 Å². The van der Waals surface area contributed by atoms with Crippen molar-refractivity contribution < 1.29 is 5.11 Å². The van der Waals surface area contributed by atoms with Crippen LogP contribution >= 0.6 is 11.6 Å².